The van der Waals surface area contributed by atoms with Gasteiger partial charge in [0.25, 0.3) is 0 Å². The van der Waals surface area contributed by atoms with Crippen LogP contribution in [0, 0.1) is 5.53 Å². The van der Waals surface area contributed by atoms with Crippen molar-refractivity contribution in [2.24, 2.45) is 5.11 Å². The molecule has 0 radical (unpaired) electrons. The Morgan fingerprint density at radius 3 is 2.29 bits per heavy atom. The van der Waals surface area contributed by atoms with E-state index in [2.05, 4.69) is 63.2 Å². The van der Waals surface area contributed by atoms with Crippen molar-refractivity contribution >= 4 is 23.0 Å². The molecule has 6 heteroatoms. The maximum atomic E-state index is 7.13. The van der Waals surface area contributed by atoms with Gasteiger partial charge in [-0.15, -0.1) is 0 Å². The Bertz CT molecular complexity index is 844. The summed E-state index contributed by atoms with van der Waals surface area (Å²) < 4.78 is 0. The fourth-order valence-corrected chi connectivity index (χ4v) is 4.11. The van der Waals surface area contributed by atoms with Gasteiger partial charge < -0.3 is 15.1 Å². The SMILES string of the molecule is C=C(N=N)c1ccc(CN(Cc2ccccc2)C(=S)NCCCN2CCCCC2)cc1. The van der Waals surface area contributed by atoms with Crippen LogP contribution >= 0.6 is 12.2 Å². The molecule has 31 heavy (non-hydrogen) atoms. The lowest BCUT2D eigenvalue weighted by atomic mass is 10.1. The molecule has 5 nitrogen and oxygen atoms in total. The number of rotatable bonds is 10. The number of hydrogen-bond acceptors (Lipinski definition) is 4. The van der Waals surface area contributed by atoms with Crippen molar-refractivity contribution in [1.29, 1.82) is 5.53 Å². The number of thiocarbonyl (C=S) groups is 1. The topological polar surface area (TPSA) is 54.7 Å². The summed E-state index contributed by atoms with van der Waals surface area (Å²) in [6, 6.07) is 18.5. The molecule has 2 aromatic rings. The summed E-state index contributed by atoms with van der Waals surface area (Å²) in [5.41, 5.74) is 10.9. The summed E-state index contributed by atoms with van der Waals surface area (Å²) in [6.07, 6.45) is 5.14. The Balaban J connectivity index is 1.57. The fourth-order valence-electron chi connectivity index (χ4n) is 3.88. The molecule has 0 atom stereocenters. The molecule has 0 spiro atoms. The van der Waals surface area contributed by atoms with Gasteiger partial charge in [-0.05, 0) is 62.2 Å². The van der Waals surface area contributed by atoms with Gasteiger partial charge in [0.1, 0.15) is 0 Å². The van der Waals surface area contributed by atoms with Gasteiger partial charge >= 0.3 is 0 Å². The van der Waals surface area contributed by atoms with E-state index in [0.717, 1.165) is 48.8 Å². The third kappa shape index (κ3) is 7.56. The highest BCUT2D eigenvalue weighted by Crippen LogP contribution is 2.16. The quantitative estimate of drug-likeness (QED) is 0.296. The number of nitrogens with one attached hydrogen (secondary N) is 2. The van der Waals surface area contributed by atoms with Crippen LogP contribution in [0.3, 0.4) is 0 Å². The molecule has 1 fully saturated rings. The van der Waals surface area contributed by atoms with E-state index in [9.17, 15) is 0 Å². The van der Waals surface area contributed by atoms with E-state index in [1.54, 1.807) is 0 Å². The second-order valence-electron chi connectivity index (χ2n) is 8.08. The lowest BCUT2D eigenvalue weighted by Gasteiger charge is -2.28. The van der Waals surface area contributed by atoms with E-state index in [1.165, 1.54) is 37.9 Å². The predicted molar refractivity (Wildman–Crippen MR) is 132 cm³/mol. The molecule has 0 aliphatic carbocycles. The first kappa shape index (κ1) is 23.1. The molecule has 0 amide bonds. The lowest BCUT2D eigenvalue weighted by molar-refractivity contribution is 0.226. The molecule has 2 aromatic carbocycles. The van der Waals surface area contributed by atoms with Gasteiger partial charge in [0.15, 0.2) is 5.11 Å². The van der Waals surface area contributed by atoms with Crippen LogP contribution in [0.1, 0.15) is 42.4 Å². The zero-order valence-corrected chi connectivity index (χ0v) is 19.0. The second-order valence-corrected chi connectivity index (χ2v) is 8.47. The van der Waals surface area contributed by atoms with Crippen LogP contribution in [-0.2, 0) is 13.1 Å². The summed E-state index contributed by atoms with van der Waals surface area (Å²) in [5.74, 6) is 0. The van der Waals surface area contributed by atoms with Gasteiger partial charge in [0.2, 0.25) is 0 Å². The van der Waals surface area contributed by atoms with Crippen molar-refractivity contribution in [2.75, 3.05) is 26.2 Å². The van der Waals surface area contributed by atoms with Gasteiger partial charge in [-0.3, -0.25) is 0 Å². The molecule has 1 saturated heterocycles. The molecule has 2 N–H and O–H groups in total. The van der Waals surface area contributed by atoms with Crippen molar-refractivity contribution in [1.82, 2.24) is 15.1 Å². The Kier molecular flexibility index (Phi) is 9.18. The minimum atomic E-state index is 0.471. The second kappa shape index (κ2) is 12.3. The van der Waals surface area contributed by atoms with Gasteiger partial charge in [-0.25, -0.2) is 5.53 Å². The highest BCUT2D eigenvalue weighted by atomic mass is 32.1. The van der Waals surface area contributed by atoms with E-state index in [4.69, 9.17) is 17.7 Å². The van der Waals surface area contributed by atoms with Gasteiger partial charge in [0.05, 0.1) is 5.70 Å². The minimum absolute atomic E-state index is 0.471. The zero-order chi connectivity index (χ0) is 21.9. The molecule has 0 aromatic heterocycles. The monoisotopic (exact) mass is 435 g/mol. The molecule has 164 valence electrons. The van der Waals surface area contributed by atoms with Crippen molar-refractivity contribution in [3.05, 3.63) is 77.9 Å². The average Bonchev–Trinajstić information content (AvgIpc) is 2.82. The highest BCUT2D eigenvalue weighted by Gasteiger charge is 2.13. The van der Waals surface area contributed by atoms with Crippen LogP contribution in [0.25, 0.3) is 5.70 Å². The van der Waals surface area contributed by atoms with Crippen LogP contribution in [0.2, 0.25) is 0 Å². The van der Waals surface area contributed by atoms with Gasteiger partial charge in [-0.2, -0.15) is 5.11 Å². The number of piperidine rings is 1. The van der Waals surface area contributed by atoms with E-state index < -0.39 is 0 Å². The normalized spacial score (nSPS) is 14.1. The maximum Gasteiger partial charge on any atom is 0.169 e. The summed E-state index contributed by atoms with van der Waals surface area (Å²) in [5, 5.41) is 7.69. The van der Waals surface area contributed by atoms with E-state index >= 15 is 0 Å². The molecule has 1 heterocycles. The summed E-state index contributed by atoms with van der Waals surface area (Å²) in [7, 11) is 0. The van der Waals surface area contributed by atoms with Crippen molar-refractivity contribution in [3.8, 4) is 0 Å². The van der Waals surface area contributed by atoms with Crippen LogP contribution in [0.5, 0.6) is 0 Å². The van der Waals surface area contributed by atoms with E-state index in [1.807, 2.05) is 18.2 Å². The molecule has 1 aliphatic rings. The molecule has 3 rings (SSSR count). The lowest BCUT2D eigenvalue weighted by Crippen LogP contribution is -2.40. The third-order valence-corrected chi connectivity index (χ3v) is 6.08. The van der Waals surface area contributed by atoms with Gasteiger partial charge in [-0.1, -0.05) is 67.6 Å². The van der Waals surface area contributed by atoms with Gasteiger partial charge in [0, 0.05) is 25.2 Å². The number of benzene rings is 2. The Hall–Kier alpha value is -2.57. The van der Waals surface area contributed by atoms with Crippen LogP contribution < -0.4 is 5.32 Å². The first-order chi connectivity index (χ1) is 15.2. The zero-order valence-electron chi connectivity index (χ0n) is 18.2. The number of nitrogens with zero attached hydrogens (tertiary/aromatic N) is 3. The molecule has 1 aliphatic heterocycles. The van der Waals surface area contributed by atoms with Crippen LogP contribution in [0.4, 0.5) is 0 Å². The largest absolute Gasteiger partial charge is 0.363 e. The molecule has 0 saturated carbocycles. The first-order valence-corrected chi connectivity index (χ1v) is 11.5. The molecule has 0 bridgehead atoms. The minimum Gasteiger partial charge on any atom is -0.363 e. The van der Waals surface area contributed by atoms with Crippen molar-refractivity contribution in [3.63, 3.8) is 0 Å². The molecular formula is C25H33N5S. The Labute approximate surface area is 191 Å². The van der Waals surface area contributed by atoms with Crippen molar-refractivity contribution < 1.29 is 0 Å². The number of likely N-dealkylation sites (tertiary alicyclic amines) is 1. The smallest absolute Gasteiger partial charge is 0.169 e. The third-order valence-electron chi connectivity index (χ3n) is 5.68. The maximum absolute atomic E-state index is 7.13. The van der Waals surface area contributed by atoms with Crippen LogP contribution in [0.15, 0.2) is 66.3 Å². The van der Waals surface area contributed by atoms with E-state index in [0.29, 0.717) is 5.70 Å². The molecule has 0 unspecified atom stereocenters. The first-order valence-electron chi connectivity index (χ1n) is 11.1. The fraction of sp³-hybridized carbons (Fsp3) is 0.400. The van der Waals surface area contributed by atoms with Crippen LogP contribution in [-0.4, -0.2) is 41.1 Å². The predicted octanol–water partition coefficient (Wildman–Crippen LogP) is 5.44. The Morgan fingerprint density at radius 2 is 1.65 bits per heavy atom. The molecular weight excluding hydrogens is 402 g/mol. The number of hydrogen-bond donors (Lipinski definition) is 2. The Morgan fingerprint density at radius 1 is 1.00 bits per heavy atom. The summed E-state index contributed by atoms with van der Waals surface area (Å²) in [6.45, 7) is 9.78. The average molecular weight is 436 g/mol. The highest BCUT2D eigenvalue weighted by molar-refractivity contribution is 7.80. The summed E-state index contributed by atoms with van der Waals surface area (Å²) >= 11 is 5.78. The summed E-state index contributed by atoms with van der Waals surface area (Å²) in [4.78, 5) is 4.78. The van der Waals surface area contributed by atoms with Crippen molar-refractivity contribution in [2.45, 2.75) is 38.8 Å². The van der Waals surface area contributed by atoms with E-state index in [-0.39, 0.29) is 0 Å². The standard InChI is InChI=1S/C25H33N5S/c1-21(28-26)24-13-11-23(12-14-24)20-30(19-22-9-4-2-5-10-22)25(31)27-15-8-18-29-16-6-3-7-17-29/h2,4-5,9-14,26H,1,3,6-8,15-20H2,(H,27,31).